The van der Waals surface area contributed by atoms with Gasteiger partial charge in [-0.25, -0.2) is 4.39 Å². The van der Waals surface area contributed by atoms with E-state index in [-0.39, 0.29) is 11.9 Å². The van der Waals surface area contributed by atoms with Gasteiger partial charge in [0.15, 0.2) is 5.82 Å². The SMILES string of the molecule is NC1CCN(c2cc(-c3ccccc3F)[nH]n2)C1. The molecule has 1 aliphatic heterocycles. The highest BCUT2D eigenvalue weighted by Crippen LogP contribution is 2.25. The first-order valence-electron chi connectivity index (χ1n) is 6.05. The lowest BCUT2D eigenvalue weighted by molar-refractivity contribution is 0.630. The summed E-state index contributed by atoms with van der Waals surface area (Å²) in [6, 6.07) is 8.75. The number of nitrogens with two attached hydrogens (primary N) is 1. The summed E-state index contributed by atoms with van der Waals surface area (Å²) in [7, 11) is 0. The predicted octanol–water partition coefficient (Wildman–Crippen LogP) is 1.75. The second kappa shape index (κ2) is 4.42. The molecule has 1 fully saturated rings. The van der Waals surface area contributed by atoms with Crippen LogP contribution >= 0.6 is 0 Å². The molecular formula is C13H15FN4. The summed E-state index contributed by atoms with van der Waals surface area (Å²) >= 11 is 0. The molecule has 0 bridgehead atoms. The third-order valence-corrected chi connectivity index (χ3v) is 3.28. The van der Waals surface area contributed by atoms with Gasteiger partial charge in [0.1, 0.15) is 5.82 Å². The van der Waals surface area contributed by atoms with Crippen molar-refractivity contribution in [3.63, 3.8) is 0 Å². The van der Waals surface area contributed by atoms with E-state index in [1.165, 1.54) is 6.07 Å². The average Bonchev–Trinajstić information content (AvgIpc) is 2.98. The van der Waals surface area contributed by atoms with Gasteiger partial charge >= 0.3 is 0 Å². The fraction of sp³-hybridized carbons (Fsp3) is 0.308. The Balaban J connectivity index is 1.88. The molecule has 1 aromatic heterocycles. The van der Waals surface area contributed by atoms with E-state index in [9.17, 15) is 4.39 Å². The topological polar surface area (TPSA) is 57.9 Å². The first kappa shape index (κ1) is 11.2. The Kier molecular flexibility index (Phi) is 2.76. The molecule has 94 valence electrons. The molecule has 0 radical (unpaired) electrons. The van der Waals surface area contributed by atoms with Crippen molar-refractivity contribution in [2.75, 3.05) is 18.0 Å². The molecule has 0 spiro atoms. The van der Waals surface area contributed by atoms with E-state index in [1.54, 1.807) is 12.1 Å². The quantitative estimate of drug-likeness (QED) is 0.848. The lowest BCUT2D eigenvalue weighted by Gasteiger charge is -2.13. The van der Waals surface area contributed by atoms with Crippen molar-refractivity contribution < 1.29 is 4.39 Å². The number of anilines is 1. The van der Waals surface area contributed by atoms with Crippen molar-refractivity contribution in [3.8, 4) is 11.3 Å². The van der Waals surface area contributed by atoms with Crippen LogP contribution < -0.4 is 10.6 Å². The monoisotopic (exact) mass is 246 g/mol. The van der Waals surface area contributed by atoms with Crippen molar-refractivity contribution in [1.82, 2.24) is 10.2 Å². The third-order valence-electron chi connectivity index (χ3n) is 3.28. The van der Waals surface area contributed by atoms with E-state index in [0.29, 0.717) is 11.3 Å². The highest BCUT2D eigenvalue weighted by atomic mass is 19.1. The zero-order valence-corrected chi connectivity index (χ0v) is 9.94. The molecular weight excluding hydrogens is 231 g/mol. The van der Waals surface area contributed by atoms with Crippen LogP contribution in [0.1, 0.15) is 6.42 Å². The Morgan fingerprint density at radius 2 is 2.22 bits per heavy atom. The zero-order valence-electron chi connectivity index (χ0n) is 9.94. The Hall–Kier alpha value is -1.88. The van der Waals surface area contributed by atoms with Crippen LogP contribution in [0.15, 0.2) is 30.3 Å². The molecule has 0 amide bonds. The summed E-state index contributed by atoms with van der Waals surface area (Å²) in [4.78, 5) is 2.12. The molecule has 2 aromatic rings. The third kappa shape index (κ3) is 1.97. The van der Waals surface area contributed by atoms with Gasteiger partial charge in [-0.1, -0.05) is 12.1 Å². The van der Waals surface area contributed by atoms with Gasteiger partial charge in [0.2, 0.25) is 0 Å². The fourth-order valence-corrected chi connectivity index (χ4v) is 2.29. The zero-order chi connectivity index (χ0) is 12.5. The summed E-state index contributed by atoms with van der Waals surface area (Å²) in [5.41, 5.74) is 7.10. The highest BCUT2D eigenvalue weighted by molar-refractivity contribution is 5.63. The Labute approximate surface area is 105 Å². The Bertz CT molecular complexity index is 551. The number of nitrogens with one attached hydrogen (secondary N) is 1. The molecule has 1 unspecified atom stereocenters. The van der Waals surface area contributed by atoms with Crippen molar-refractivity contribution in [2.24, 2.45) is 5.73 Å². The number of benzene rings is 1. The number of nitrogens with zero attached hydrogens (tertiary/aromatic N) is 2. The van der Waals surface area contributed by atoms with E-state index in [2.05, 4.69) is 15.1 Å². The molecule has 4 nitrogen and oxygen atoms in total. The van der Waals surface area contributed by atoms with Crippen LogP contribution in [-0.2, 0) is 0 Å². The standard InChI is InChI=1S/C13H15FN4/c14-11-4-2-1-3-10(11)12-7-13(17-16-12)18-6-5-9(15)8-18/h1-4,7,9H,5-6,8,15H2,(H,16,17). The van der Waals surface area contributed by atoms with Crippen molar-refractivity contribution >= 4 is 5.82 Å². The first-order valence-corrected chi connectivity index (χ1v) is 6.05. The molecule has 18 heavy (non-hydrogen) atoms. The largest absolute Gasteiger partial charge is 0.354 e. The fourth-order valence-electron chi connectivity index (χ4n) is 2.29. The number of hydrogen-bond acceptors (Lipinski definition) is 3. The van der Waals surface area contributed by atoms with Crippen molar-refractivity contribution in [1.29, 1.82) is 0 Å². The van der Waals surface area contributed by atoms with Crippen molar-refractivity contribution in [2.45, 2.75) is 12.5 Å². The maximum atomic E-state index is 13.6. The molecule has 5 heteroatoms. The van der Waals surface area contributed by atoms with E-state index in [0.717, 1.165) is 25.3 Å². The van der Waals surface area contributed by atoms with Crippen LogP contribution in [0.4, 0.5) is 10.2 Å². The summed E-state index contributed by atoms with van der Waals surface area (Å²) in [5.74, 6) is 0.590. The minimum Gasteiger partial charge on any atom is -0.354 e. The molecule has 2 heterocycles. The molecule has 1 saturated heterocycles. The van der Waals surface area contributed by atoms with Crippen molar-refractivity contribution in [3.05, 3.63) is 36.1 Å². The van der Waals surface area contributed by atoms with Crippen LogP contribution in [0.5, 0.6) is 0 Å². The summed E-state index contributed by atoms with van der Waals surface area (Å²) < 4.78 is 13.6. The maximum absolute atomic E-state index is 13.6. The molecule has 1 atom stereocenters. The average molecular weight is 246 g/mol. The summed E-state index contributed by atoms with van der Waals surface area (Å²) in [5, 5.41) is 7.11. The van der Waals surface area contributed by atoms with Gasteiger partial charge < -0.3 is 10.6 Å². The van der Waals surface area contributed by atoms with Gasteiger partial charge in [0, 0.05) is 30.8 Å². The Morgan fingerprint density at radius 1 is 1.39 bits per heavy atom. The number of aromatic nitrogens is 2. The first-order chi connectivity index (χ1) is 8.74. The number of H-pyrrole nitrogens is 1. The van der Waals surface area contributed by atoms with Crippen LogP contribution in [-0.4, -0.2) is 29.3 Å². The van der Waals surface area contributed by atoms with Crippen LogP contribution in [0.3, 0.4) is 0 Å². The molecule has 0 saturated carbocycles. The minimum absolute atomic E-state index is 0.207. The molecule has 3 N–H and O–H groups in total. The molecule has 1 aliphatic rings. The second-order valence-corrected chi connectivity index (χ2v) is 4.61. The second-order valence-electron chi connectivity index (χ2n) is 4.61. The van der Waals surface area contributed by atoms with Gasteiger partial charge in [0.25, 0.3) is 0 Å². The van der Waals surface area contributed by atoms with E-state index in [1.807, 2.05) is 12.1 Å². The smallest absolute Gasteiger partial charge is 0.151 e. The van der Waals surface area contributed by atoms with Gasteiger partial charge in [-0.2, -0.15) is 5.10 Å². The molecule has 0 aliphatic carbocycles. The summed E-state index contributed by atoms with van der Waals surface area (Å²) in [6.45, 7) is 1.71. The molecule has 3 rings (SSSR count). The van der Waals surface area contributed by atoms with Gasteiger partial charge in [-0.15, -0.1) is 0 Å². The lowest BCUT2D eigenvalue weighted by atomic mass is 10.1. The predicted molar refractivity (Wildman–Crippen MR) is 68.8 cm³/mol. The van der Waals surface area contributed by atoms with E-state index < -0.39 is 0 Å². The van der Waals surface area contributed by atoms with E-state index in [4.69, 9.17) is 5.73 Å². The number of halogens is 1. The molecule has 1 aromatic carbocycles. The summed E-state index contributed by atoms with van der Waals surface area (Å²) in [6.07, 6.45) is 0.974. The number of hydrogen-bond donors (Lipinski definition) is 2. The normalized spacial score (nSPS) is 19.4. The van der Waals surface area contributed by atoms with Crippen LogP contribution in [0.2, 0.25) is 0 Å². The lowest BCUT2D eigenvalue weighted by Crippen LogP contribution is -2.26. The van der Waals surface area contributed by atoms with Crippen LogP contribution in [0.25, 0.3) is 11.3 Å². The number of rotatable bonds is 2. The highest BCUT2D eigenvalue weighted by Gasteiger charge is 2.21. The van der Waals surface area contributed by atoms with Gasteiger partial charge in [-0.3, -0.25) is 5.10 Å². The maximum Gasteiger partial charge on any atom is 0.151 e. The number of aromatic amines is 1. The van der Waals surface area contributed by atoms with Gasteiger partial charge in [0.05, 0.1) is 5.69 Å². The van der Waals surface area contributed by atoms with Gasteiger partial charge in [-0.05, 0) is 18.6 Å². The Morgan fingerprint density at radius 3 is 2.94 bits per heavy atom. The minimum atomic E-state index is -0.245. The van der Waals surface area contributed by atoms with Crippen LogP contribution in [0, 0.1) is 5.82 Å². The van der Waals surface area contributed by atoms with E-state index >= 15 is 0 Å².